The average molecular weight is 271 g/mol. The Morgan fingerprint density at radius 3 is 2.83 bits per heavy atom. The predicted molar refractivity (Wildman–Crippen MR) is 69.5 cm³/mol. The van der Waals surface area contributed by atoms with Crippen molar-refractivity contribution in [2.45, 2.75) is 26.4 Å². The Kier molecular flexibility index (Phi) is 6.31. The van der Waals surface area contributed by atoms with Gasteiger partial charge >= 0.3 is 11.8 Å². The molecule has 1 aromatic heterocycles. The molecular formula is C11H17N3O3S. The zero-order valence-corrected chi connectivity index (χ0v) is 11.3. The van der Waals surface area contributed by atoms with E-state index in [-0.39, 0.29) is 6.10 Å². The second kappa shape index (κ2) is 7.78. The number of thiazole rings is 1. The molecular weight excluding hydrogens is 254 g/mol. The Labute approximate surface area is 110 Å². The third-order valence-electron chi connectivity index (χ3n) is 1.92. The number of nitrogens with one attached hydrogen (secondary N) is 2. The molecule has 18 heavy (non-hydrogen) atoms. The molecule has 0 atom stereocenters. The molecule has 1 heterocycles. The Hall–Kier alpha value is -1.47. The van der Waals surface area contributed by atoms with Crippen LogP contribution in [0, 0.1) is 0 Å². The summed E-state index contributed by atoms with van der Waals surface area (Å²) in [6.07, 6.45) is 2.41. The van der Waals surface area contributed by atoms with E-state index in [1.165, 1.54) is 11.3 Å². The fourth-order valence-electron chi connectivity index (χ4n) is 1.11. The Bertz CT molecular complexity index is 379. The van der Waals surface area contributed by atoms with Gasteiger partial charge in [0.05, 0.1) is 6.10 Å². The van der Waals surface area contributed by atoms with Crippen molar-refractivity contribution in [3.8, 4) is 0 Å². The van der Waals surface area contributed by atoms with Crippen LogP contribution in [-0.2, 0) is 14.3 Å². The normalized spacial score (nSPS) is 10.4. The van der Waals surface area contributed by atoms with Gasteiger partial charge in [0.15, 0.2) is 5.13 Å². The van der Waals surface area contributed by atoms with Crippen molar-refractivity contribution >= 4 is 28.3 Å². The van der Waals surface area contributed by atoms with Crippen LogP contribution in [0.1, 0.15) is 20.3 Å². The third kappa shape index (κ3) is 5.74. The molecule has 0 aliphatic heterocycles. The van der Waals surface area contributed by atoms with Gasteiger partial charge in [0.2, 0.25) is 0 Å². The van der Waals surface area contributed by atoms with Gasteiger partial charge in [-0.3, -0.25) is 14.9 Å². The molecule has 1 aromatic rings. The maximum Gasteiger partial charge on any atom is 0.315 e. The molecule has 100 valence electrons. The number of nitrogens with zero attached hydrogens (tertiary/aromatic N) is 1. The van der Waals surface area contributed by atoms with E-state index >= 15 is 0 Å². The standard InChI is InChI=1S/C11H17N3O3S/c1-8(2)17-6-3-4-12-9(15)10(16)14-11-13-5-7-18-11/h5,7-8H,3-4,6H2,1-2H3,(H,12,15)(H,13,14,16). The largest absolute Gasteiger partial charge is 0.379 e. The highest BCUT2D eigenvalue weighted by Gasteiger charge is 2.13. The molecule has 0 unspecified atom stereocenters. The molecule has 1 rings (SSSR count). The number of carbonyl (C=O) groups is 2. The van der Waals surface area contributed by atoms with Gasteiger partial charge in [-0.1, -0.05) is 0 Å². The van der Waals surface area contributed by atoms with Crippen molar-refractivity contribution in [1.82, 2.24) is 10.3 Å². The summed E-state index contributed by atoms with van der Waals surface area (Å²) in [6.45, 7) is 4.86. The van der Waals surface area contributed by atoms with Crippen LogP contribution in [0.25, 0.3) is 0 Å². The summed E-state index contributed by atoms with van der Waals surface area (Å²) in [5.74, 6) is -1.36. The number of amides is 2. The average Bonchev–Trinajstić information content (AvgIpc) is 2.80. The summed E-state index contributed by atoms with van der Waals surface area (Å²) in [4.78, 5) is 26.6. The van der Waals surface area contributed by atoms with E-state index in [9.17, 15) is 9.59 Å². The maximum atomic E-state index is 11.4. The van der Waals surface area contributed by atoms with Crippen molar-refractivity contribution in [2.75, 3.05) is 18.5 Å². The monoisotopic (exact) mass is 271 g/mol. The van der Waals surface area contributed by atoms with E-state index in [4.69, 9.17) is 4.74 Å². The first-order chi connectivity index (χ1) is 8.59. The van der Waals surface area contributed by atoms with Crippen LogP contribution in [0.3, 0.4) is 0 Å². The quantitative estimate of drug-likeness (QED) is 0.598. The Balaban J connectivity index is 2.14. The molecule has 0 aromatic carbocycles. The van der Waals surface area contributed by atoms with Gasteiger partial charge < -0.3 is 10.1 Å². The summed E-state index contributed by atoms with van der Waals surface area (Å²) in [7, 11) is 0. The second-order valence-corrected chi connectivity index (χ2v) is 4.71. The second-order valence-electron chi connectivity index (χ2n) is 3.82. The van der Waals surface area contributed by atoms with Gasteiger partial charge in [-0.15, -0.1) is 11.3 Å². The Morgan fingerprint density at radius 2 is 2.22 bits per heavy atom. The van der Waals surface area contributed by atoms with Gasteiger partial charge in [-0.25, -0.2) is 4.98 Å². The number of aromatic nitrogens is 1. The highest BCUT2D eigenvalue weighted by molar-refractivity contribution is 7.13. The maximum absolute atomic E-state index is 11.4. The van der Waals surface area contributed by atoms with Crippen LogP contribution in [0.5, 0.6) is 0 Å². The molecule has 7 heteroatoms. The van der Waals surface area contributed by atoms with Crippen molar-refractivity contribution in [1.29, 1.82) is 0 Å². The topological polar surface area (TPSA) is 80.3 Å². The highest BCUT2D eigenvalue weighted by Crippen LogP contribution is 2.09. The molecule has 0 aliphatic carbocycles. The minimum atomic E-state index is -0.699. The van der Waals surface area contributed by atoms with Gasteiger partial charge in [0.1, 0.15) is 0 Å². The Morgan fingerprint density at radius 1 is 1.44 bits per heavy atom. The zero-order valence-electron chi connectivity index (χ0n) is 10.4. The number of hydrogen-bond acceptors (Lipinski definition) is 5. The first-order valence-corrected chi connectivity index (χ1v) is 6.58. The summed E-state index contributed by atoms with van der Waals surface area (Å²) < 4.78 is 5.31. The molecule has 2 N–H and O–H groups in total. The van der Waals surface area contributed by atoms with Crippen molar-refractivity contribution in [2.24, 2.45) is 0 Å². The molecule has 0 saturated carbocycles. The van der Waals surface area contributed by atoms with E-state index in [1.807, 2.05) is 13.8 Å². The lowest BCUT2D eigenvalue weighted by Crippen LogP contribution is -2.36. The summed E-state index contributed by atoms with van der Waals surface area (Å²) in [6, 6.07) is 0. The van der Waals surface area contributed by atoms with Crippen LogP contribution < -0.4 is 10.6 Å². The third-order valence-corrected chi connectivity index (χ3v) is 2.61. The van der Waals surface area contributed by atoms with Gasteiger partial charge in [-0.05, 0) is 20.3 Å². The van der Waals surface area contributed by atoms with Gasteiger partial charge in [0, 0.05) is 24.7 Å². The zero-order chi connectivity index (χ0) is 13.4. The van der Waals surface area contributed by atoms with E-state index < -0.39 is 11.8 Å². The van der Waals surface area contributed by atoms with Crippen molar-refractivity contribution in [3.63, 3.8) is 0 Å². The molecule has 6 nitrogen and oxygen atoms in total. The smallest absolute Gasteiger partial charge is 0.315 e. The number of hydrogen-bond donors (Lipinski definition) is 2. The van der Waals surface area contributed by atoms with Crippen LogP contribution in [0.2, 0.25) is 0 Å². The van der Waals surface area contributed by atoms with Gasteiger partial charge in [0.25, 0.3) is 0 Å². The first-order valence-electron chi connectivity index (χ1n) is 5.70. The summed E-state index contributed by atoms with van der Waals surface area (Å²) in [5, 5.41) is 7.05. The molecule has 0 spiro atoms. The predicted octanol–water partition coefficient (Wildman–Crippen LogP) is 1.01. The fraction of sp³-hybridized carbons (Fsp3) is 0.545. The number of ether oxygens (including phenoxy) is 1. The lowest BCUT2D eigenvalue weighted by atomic mass is 10.4. The minimum Gasteiger partial charge on any atom is -0.379 e. The number of rotatable bonds is 6. The fourth-order valence-corrected chi connectivity index (χ4v) is 1.64. The van der Waals surface area contributed by atoms with E-state index in [0.29, 0.717) is 24.7 Å². The van der Waals surface area contributed by atoms with Crippen LogP contribution in [0.15, 0.2) is 11.6 Å². The molecule has 0 fully saturated rings. The molecule has 0 saturated heterocycles. The van der Waals surface area contributed by atoms with Crippen molar-refractivity contribution in [3.05, 3.63) is 11.6 Å². The molecule has 2 amide bonds. The van der Waals surface area contributed by atoms with Crippen LogP contribution in [0.4, 0.5) is 5.13 Å². The molecule has 0 aliphatic rings. The molecule has 0 radical (unpaired) electrons. The van der Waals surface area contributed by atoms with Crippen LogP contribution in [-0.4, -0.2) is 36.1 Å². The van der Waals surface area contributed by atoms with E-state index in [1.54, 1.807) is 11.6 Å². The number of carbonyl (C=O) groups excluding carboxylic acids is 2. The summed E-state index contributed by atoms with van der Waals surface area (Å²) >= 11 is 1.26. The first kappa shape index (κ1) is 14.6. The van der Waals surface area contributed by atoms with E-state index in [0.717, 1.165) is 0 Å². The van der Waals surface area contributed by atoms with Gasteiger partial charge in [-0.2, -0.15) is 0 Å². The minimum absolute atomic E-state index is 0.175. The van der Waals surface area contributed by atoms with Crippen LogP contribution >= 0.6 is 11.3 Å². The molecule has 0 bridgehead atoms. The highest BCUT2D eigenvalue weighted by atomic mass is 32.1. The van der Waals surface area contributed by atoms with Crippen molar-refractivity contribution < 1.29 is 14.3 Å². The number of anilines is 1. The lowest BCUT2D eigenvalue weighted by Gasteiger charge is -2.07. The lowest BCUT2D eigenvalue weighted by molar-refractivity contribution is -0.136. The van der Waals surface area contributed by atoms with E-state index in [2.05, 4.69) is 15.6 Å². The SMILES string of the molecule is CC(C)OCCCNC(=O)C(=O)Nc1nccs1. The summed E-state index contributed by atoms with van der Waals surface area (Å²) in [5.41, 5.74) is 0.